The van der Waals surface area contributed by atoms with Crippen LogP contribution in [0.4, 0.5) is 0 Å². The van der Waals surface area contributed by atoms with E-state index in [0.29, 0.717) is 35.9 Å². The molecule has 4 saturated carbocycles. The van der Waals surface area contributed by atoms with Crippen LogP contribution in [0.5, 0.6) is 0 Å². The summed E-state index contributed by atoms with van der Waals surface area (Å²) >= 11 is 7.62. The van der Waals surface area contributed by atoms with Crippen LogP contribution in [0.2, 0.25) is 4.34 Å². The zero-order valence-corrected chi connectivity index (χ0v) is 29.4. The summed E-state index contributed by atoms with van der Waals surface area (Å²) < 4.78 is 41.6. The van der Waals surface area contributed by atoms with Gasteiger partial charge in [-0.3, -0.25) is 13.8 Å². The second-order valence-corrected chi connectivity index (χ2v) is 16.4. The van der Waals surface area contributed by atoms with E-state index in [1.165, 1.54) is 11.3 Å². The summed E-state index contributed by atoms with van der Waals surface area (Å²) in [5.41, 5.74) is -0.107. The van der Waals surface area contributed by atoms with Gasteiger partial charge in [0.15, 0.2) is 0 Å². The van der Waals surface area contributed by atoms with Crippen molar-refractivity contribution in [3.63, 3.8) is 0 Å². The average Bonchev–Trinajstić information content (AvgIpc) is 3.45. The minimum absolute atomic E-state index is 0. The second-order valence-electron chi connectivity index (χ2n) is 13.6. The number of nitrogens with one attached hydrogen (secondary N) is 1. The summed E-state index contributed by atoms with van der Waals surface area (Å²) in [6, 6.07) is 3.79. The number of fused-ring (bicyclic) bond motifs is 5. The van der Waals surface area contributed by atoms with Crippen molar-refractivity contribution >= 4 is 45.0 Å². The summed E-state index contributed by atoms with van der Waals surface area (Å²) in [6.07, 6.45) is 6.72. The van der Waals surface area contributed by atoms with Crippen LogP contribution >= 0.6 is 22.9 Å². The van der Waals surface area contributed by atoms with Gasteiger partial charge in [0, 0.05) is 24.1 Å². The Bertz CT molecular complexity index is 1240. The fourth-order valence-corrected chi connectivity index (χ4v) is 11.5. The normalized spacial score (nSPS) is 38.1. The second kappa shape index (κ2) is 12.8. The zero-order chi connectivity index (χ0) is 29.0. The Morgan fingerprint density at radius 3 is 2.54 bits per heavy atom. The van der Waals surface area contributed by atoms with Crippen molar-refractivity contribution < 1.29 is 56.3 Å². The molecule has 4 aliphatic rings. The molecule has 4 fully saturated rings. The molecule has 1 aromatic rings. The molecule has 10 atom stereocenters. The monoisotopic (exact) mass is 635 g/mol. The van der Waals surface area contributed by atoms with E-state index in [1.54, 1.807) is 0 Å². The minimum Gasteiger partial charge on any atom is -0.726 e. The number of hydrogen-bond acceptors (Lipinski definition) is 7. The Balaban J connectivity index is 0.00000387. The first-order chi connectivity index (χ1) is 18.7. The van der Waals surface area contributed by atoms with Crippen molar-refractivity contribution in [3.05, 3.63) is 21.3 Å². The molecule has 41 heavy (non-hydrogen) atoms. The summed E-state index contributed by atoms with van der Waals surface area (Å²) in [5, 5.41) is 3.22. The maximum atomic E-state index is 13.2. The number of rotatable bonds is 8. The van der Waals surface area contributed by atoms with E-state index in [1.807, 2.05) is 12.1 Å². The molecule has 0 aliphatic heterocycles. The number of amides is 1. The Hall–Kier alpha value is 0.000000000000000222. The van der Waals surface area contributed by atoms with Crippen molar-refractivity contribution in [1.82, 2.24) is 5.32 Å². The van der Waals surface area contributed by atoms with Gasteiger partial charge in [0.1, 0.15) is 5.78 Å². The first-order valence-corrected chi connectivity index (χ1v) is 17.5. The van der Waals surface area contributed by atoms with Crippen molar-refractivity contribution in [1.29, 1.82) is 0 Å². The molecule has 4 aliphatic carbocycles. The number of Topliss-reactive ketones (excluding diaryl/α,β-unsaturated/α-hetero) is 1. The predicted octanol–water partition coefficient (Wildman–Crippen LogP) is 3.68. The third-order valence-corrected chi connectivity index (χ3v) is 13.5. The van der Waals surface area contributed by atoms with Crippen LogP contribution in [0.1, 0.15) is 103 Å². The fraction of sp³-hybridized carbons (Fsp3) is 0.800. The molecular weight excluding hydrogens is 593 g/mol. The molecule has 7 nitrogen and oxygen atoms in total. The van der Waals surface area contributed by atoms with E-state index in [9.17, 15) is 22.6 Å². The average molecular weight is 636 g/mol. The van der Waals surface area contributed by atoms with E-state index in [-0.39, 0.29) is 87.7 Å². The van der Waals surface area contributed by atoms with Crippen LogP contribution in [0.3, 0.4) is 0 Å². The molecule has 1 amide bonds. The first kappa shape index (κ1) is 33.9. The summed E-state index contributed by atoms with van der Waals surface area (Å²) in [4.78, 5) is 26.6. The minimum atomic E-state index is -4.87. The molecule has 0 saturated heterocycles. The van der Waals surface area contributed by atoms with Crippen LogP contribution in [-0.2, 0) is 24.2 Å². The van der Waals surface area contributed by atoms with Crippen molar-refractivity contribution in [3.8, 4) is 0 Å². The SMILES string of the molecule is CC[C@@H](NC(=O)C[C@@H](C)[C@H]1CC[C@H]2[C@@H]3[C@H](OS(=O)(=O)[O-])C[C@@H]4CC(=O)CC[C@]4(C)[C@H]3CC[C@]12C)c1ccc(Cl)s1.[Na+]. The van der Waals surface area contributed by atoms with E-state index < -0.39 is 16.5 Å². The Labute approximate surface area is 276 Å². The van der Waals surface area contributed by atoms with Gasteiger partial charge in [-0.1, -0.05) is 39.3 Å². The number of halogens is 1. The number of thiophene rings is 1. The van der Waals surface area contributed by atoms with E-state index in [0.717, 1.165) is 43.4 Å². The van der Waals surface area contributed by atoms with Crippen LogP contribution < -0.4 is 34.9 Å². The van der Waals surface area contributed by atoms with Crippen LogP contribution in [0.15, 0.2) is 12.1 Å². The van der Waals surface area contributed by atoms with Crippen LogP contribution in [-0.4, -0.2) is 30.8 Å². The maximum Gasteiger partial charge on any atom is 1.00 e. The third kappa shape index (κ3) is 6.68. The molecule has 0 radical (unpaired) electrons. The van der Waals surface area contributed by atoms with Gasteiger partial charge in [0.05, 0.1) is 16.5 Å². The van der Waals surface area contributed by atoms with E-state index in [4.69, 9.17) is 15.8 Å². The van der Waals surface area contributed by atoms with Crippen molar-refractivity contribution in [2.24, 2.45) is 46.3 Å². The largest absolute Gasteiger partial charge is 1.00 e. The van der Waals surface area contributed by atoms with Gasteiger partial charge in [-0.2, -0.15) is 0 Å². The third-order valence-electron chi connectivity index (χ3n) is 11.7. The molecule has 1 N–H and O–H groups in total. The molecule has 11 heteroatoms. The molecule has 0 unspecified atom stereocenters. The molecule has 224 valence electrons. The number of carbonyl (C=O) groups is 2. The van der Waals surface area contributed by atoms with E-state index in [2.05, 4.69) is 33.0 Å². The van der Waals surface area contributed by atoms with Crippen molar-refractivity contribution in [2.45, 2.75) is 104 Å². The van der Waals surface area contributed by atoms with Gasteiger partial charge in [-0.15, -0.1) is 11.3 Å². The molecule has 5 rings (SSSR count). The number of hydrogen-bond donors (Lipinski definition) is 1. The van der Waals surface area contributed by atoms with Crippen LogP contribution in [0.25, 0.3) is 0 Å². The van der Waals surface area contributed by atoms with Crippen LogP contribution in [0, 0.1) is 46.3 Å². The van der Waals surface area contributed by atoms with Gasteiger partial charge in [-0.25, -0.2) is 8.42 Å². The van der Waals surface area contributed by atoms with Gasteiger partial charge < -0.3 is 9.87 Å². The molecule has 0 aromatic carbocycles. The number of ketones is 1. The van der Waals surface area contributed by atoms with Gasteiger partial charge in [-0.05, 0) is 103 Å². The Morgan fingerprint density at radius 1 is 1.20 bits per heavy atom. The van der Waals surface area contributed by atoms with Crippen molar-refractivity contribution in [2.75, 3.05) is 0 Å². The molecule has 0 bridgehead atoms. The standard InChI is InChI=1S/C30H44ClNO6S2.Na/c1-5-23(25-8-9-26(31)39-25)32-27(34)14-17(2)20-6-7-21-28-22(11-13-30(20,21)4)29(3)12-10-19(33)15-18(29)16-24(28)38-40(35,36)37;/h8-9,17-18,20-24,28H,5-7,10-16H2,1-4H3,(H,32,34)(H,35,36,37);/q;+1/p-1/t17-,18+,20-,21+,22+,23-,24-,28+,29+,30-;/m1./s1. The topological polar surface area (TPSA) is 113 Å². The molecule has 1 heterocycles. The van der Waals surface area contributed by atoms with E-state index >= 15 is 0 Å². The molecule has 0 spiro atoms. The fourth-order valence-electron chi connectivity index (χ4n) is 9.79. The van der Waals surface area contributed by atoms with Gasteiger partial charge in [0.2, 0.25) is 16.3 Å². The maximum absolute atomic E-state index is 13.2. The predicted molar refractivity (Wildman–Crippen MR) is 154 cm³/mol. The van der Waals surface area contributed by atoms with Gasteiger partial charge >= 0.3 is 29.6 Å². The molecule has 1 aromatic heterocycles. The molecular formula is C30H43ClNNaO6S2. The first-order valence-electron chi connectivity index (χ1n) is 15.0. The summed E-state index contributed by atoms with van der Waals surface area (Å²) in [7, 11) is -4.87. The zero-order valence-electron chi connectivity index (χ0n) is 25.0. The van der Waals surface area contributed by atoms with Gasteiger partial charge in [0.25, 0.3) is 0 Å². The number of carbonyl (C=O) groups excluding carboxylic acids is 2. The summed E-state index contributed by atoms with van der Waals surface area (Å²) in [5.74, 6) is 1.23. The Kier molecular flexibility index (Phi) is 10.6. The summed E-state index contributed by atoms with van der Waals surface area (Å²) in [6.45, 7) is 8.84. The Morgan fingerprint density at radius 2 is 1.90 bits per heavy atom. The smallest absolute Gasteiger partial charge is 0.726 e. The quantitative estimate of drug-likeness (QED) is 0.265.